The Morgan fingerprint density at radius 2 is 1.79 bits per heavy atom. The maximum atomic E-state index is 13.3. The van der Waals surface area contributed by atoms with Crippen LogP contribution in [0.1, 0.15) is 17.5 Å². The Bertz CT molecular complexity index is 1890. The number of aromatic hydroxyl groups is 1. The third kappa shape index (κ3) is 7.23. The summed E-state index contributed by atoms with van der Waals surface area (Å²) in [5.41, 5.74) is 2.87. The van der Waals surface area contributed by atoms with Gasteiger partial charge < -0.3 is 43.4 Å². The van der Waals surface area contributed by atoms with E-state index in [1.807, 2.05) is 24.3 Å². The smallest absolute Gasteiger partial charge is 0.317 e. The second-order valence-electron chi connectivity index (χ2n) is 11.0. The van der Waals surface area contributed by atoms with Gasteiger partial charge in [-0.3, -0.25) is 14.4 Å². The number of carbonyl (C=O) groups is 2. The molecule has 4 aromatic rings. The minimum Gasteiger partial charge on any atom is -0.508 e. The first-order valence-electron chi connectivity index (χ1n) is 14.8. The number of aliphatic hydroxyl groups is 1. The summed E-state index contributed by atoms with van der Waals surface area (Å²) in [5, 5.41) is 30.0. The number of hydrogen-bond donors (Lipinski definition) is 3. The number of rotatable bonds is 7. The summed E-state index contributed by atoms with van der Waals surface area (Å²) >= 11 is 0. The number of carboxylic acid groups (broad SMARTS) is 1. The monoisotopic (exact) mass is 642 g/mol. The van der Waals surface area contributed by atoms with Crippen molar-refractivity contribution in [3.63, 3.8) is 0 Å². The number of ether oxygens (including phenoxy) is 5. The number of phenolic OH excluding ortho intramolecular Hbond substituents is 1. The highest BCUT2D eigenvalue weighted by Crippen LogP contribution is 2.31. The summed E-state index contributed by atoms with van der Waals surface area (Å²) in [6.07, 6.45) is -1.91. The summed E-state index contributed by atoms with van der Waals surface area (Å²) in [6.45, 7) is -0.284. The Hall–Kier alpha value is -5.35. The highest BCUT2D eigenvalue weighted by molar-refractivity contribution is 5.90. The van der Waals surface area contributed by atoms with Crippen LogP contribution in [0.4, 0.5) is 0 Å². The summed E-state index contributed by atoms with van der Waals surface area (Å²) in [5.74, 6) is 0.884. The zero-order valence-electron chi connectivity index (χ0n) is 24.9. The van der Waals surface area contributed by atoms with Crippen molar-refractivity contribution in [1.82, 2.24) is 0 Å². The van der Waals surface area contributed by atoms with Crippen LogP contribution in [-0.2, 0) is 41.4 Å². The van der Waals surface area contributed by atoms with E-state index < -0.39 is 55.7 Å². The highest BCUT2D eigenvalue weighted by atomic mass is 16.7. The Balaban J connectivity index is 1.28. The molecular formula is C35H30O12. The van der Waals surface area contributed by atoms with Crippen LogP contribution in [0, 0.1) is 12.0 Å². The van der Waals surface area contributed by atoms with Crippen molar-refractivity contribution < 1.29 is 53.0 Å². The Morgan fingerprint density at radius 1 is 1.00 bits per heavy atom. The van der Waals surface area contributed by atoms with Gasteiger partial charge >= 0.3 is 11.9 Å². The lowest BCUT2D eigenvalue weighted by Crippen LogP contribution is -2.61. The number of aliphatic carboxylic acids is 1. The molecule has 2 aliphatic heterocycles. The summed E-state index contributed by atoms with van der Waals surface area (Å²) in [6, 6.07) is 18.5. The minimum absolute atomic E-state index is 0.0679. The fourth-order valence-electron chi connectivity index (χ4n) is 5.46. The molecule has 2 aliphatic rings. The molecule has 0 unspecified atom stereocenters. The minimum atomic E-state index is -1.40. The van der Waals surface area contributed by atoms with Gasteiger partial charge in [0.1, 0.15) is 54.7 Å². The SMILES string of the molecule is O=C(O)CC(=O)OC[C@@H]1O[C@H](Oc2ccc3c(=O)c(-c4ccc(O)cc4)coc3c2)[C@@H]2OCCc3ccccc3CC#CO[C@@H]2[C@H]1O. The number of benzene rings is 3. The van der Waals surface area contributed by atoms with Crippen molar-refractivity contribution in [2.45, 2.75) is 50.0 Å². The summed E-state index contributed by atoms with van der Waals surface area (Å²) in [7, 11) is 0. The quantitative estimate of drug-likeness (QED) is 0.153. The van der Waals surface area contributed by atoms with E-state index in [2.05, 4.69) is 12.0 Å². The van der Waals surface area contributed by atoms with Crippen LogP contribution in [0.15, 0.2) is 82.2 Å². The second-order valence-corrected chi connectivity index (χ2v) is 11.0. The Morgan fingerprint density at radius 3 is 2.57 bits per heavy atom. The lowest BCUT2D eigenvalue weighted by molar-refractivity contribution is -0.287. The van der Waals surface area contributed by atoms with Crippen molar-refractivity contribution in [1.29, 1.82) is 0 Å². The van der Waals surface area contributed by atoms with E-state index in [-0.39, 0.29) is 34.5 Å². The molecule has 12 heteroatoms. The van der Waals surface area contributed by atoms with Gasteiger partial charge in [0.25, 0.3) is 0 Å². The van der Waals surface area contributed by atoms with Gasteiger partial charge in [0.05, 0.1) is 17.6 Å². The number of hydrogen-bond acceptors (Lipinski definition) is 11. The second kappa shape index (κ2) is 14.0. The van der Waals surface area contributed by atoms with Crippen molar-refractivity contribution in [3.05, 3.63) is 94.3 Å². The van der Waals surface area contributed by atoms with Crippen LogP contribution in [0.25, 0.3) is 22.1 Å². The van der Waals surface area contributed by atoms with Gasteiger partial charge in [-0.25, -0.2) is 0 Å². The lowest BCUT2D eigenvalue weighted by atomic mass is 9.98. The van der Waals surface area contributed by atoms with Crippen molar-refractivity contribution >= 4 is 22.9 Å². The van der Waals surface area contributed by atoms with E-state index in [0.717, 1.165) is 11.1 Å². The van der Waals surface area contributed by atoms with Crippen LogP contribution in [0.2, 0.25) is 0 Å². The molecule has 1 saturated heterocycles. The largest absolute Gasteiger partial charge is 0.508 e. The molecule has 0 bridgehead atoms. The average Bonchev–Trinajstić information content (AvgIpc) is 3.09. The number of fused-ring (bicyclic) bond motifs is 3. The first kappa shape index (κ1) is 31.6. The molecule has 3 N–H and O–H groups in total. The standard InChI is InChI=1S/C35H30O12/c36-23-9-7-22(8-10-23)26-18-44-27-16-24(11-12-25(27)31(26)40)46-35-34-33(32(41)28(47-35)19-45-30(39)17-29(37)38)42-14-3-6-20-4-1-2-5-21(20)13-15-43-34/h1-2,4-5,7-12,16,18,28,32-36,41H,6,13,15,17,19H2,(H,37,38)/t28-,32-,33+,34+,35-/m0/s1. The number of carbonyl (C=O) groups excluding carboxylic acids is 1. The predicted octanol–water partition coefficient (Wildman–Crippen LogP) is 3.18. The molecule has 47 heavy (non-hydrogen) atoms. The van der Waals surface area contributed by atoms with E-state index in [1.165, 1.54) is 30.5 Å². The third-order valence-corrected chi connectivity index (χ3v) is 7.85. The summed E-state index contributed by atoms with van der Waals surface area (Å²) < 4.78 is 35.2. The van der Waals surface area contributed by atoms with E-state index >= 15 is 0 Å². The van der Waals surface area contributed by atoms with Gasteiger partial charge in [-0.15, -0.1) is 0 Å². The number of phenols is 1. The fraction of sp³-hybridized carbons (Fsp3) is 0.286. The number of esters is 1. The van der Waals surface area contributed by atoms with Crippen LogP contribution >= 0.6 is 0 Å². The predicted molar refractivity (Wildman–Crippen MR) is 164 cm³/mol. The van der Waals surface area contributed by atoms with Crippen LogP contribution in [0.5, 0.6) is 11.5 Å². The van der Waals surface area contributed by atoms with Gasteiger partial charge in [-0.05, 0) is 47.4 Å². The maximum Gasteiger partial charge on any atom is 0.317 e. The zero-order chi connectivity index (χ0) is 32.9. The van der Waals surface area contributed by atoms with Gasteiger partial charge in [-0.1, -0.05) is 42.3 Å². The van der Waals surface area contributed by atoms with Crippen LogP contribution in [0.3, 0.4) is 0 Å². The maximum absolute atomic E-state index is 13.3. The summed E-state index contributed by atoms with van der Waals surface area (Å²) in [4.78, 5) is 36.2. The van der Waals surface area contributed by atoms with Crippen LogP contribution < -0.4 is 10.2 Å². The van der Waals surface area contributed by atoms with Gasteiger partial charge in [0.2, 0.25) is 6.29 Å². The topological polar surface area (TPSA) is 171 Å². The Kier molecular flexibility index (Phi) is 9.40. The Labute approximate surface area is 268 Å². The molecule has 5 atom stereocenters. The molecule has 6 rings (SSSR count). The molecule has 12 nitrogen and oxygen atoms in total. The van der Waals surface area contributed by atoms with Crippen LogP contribution in [-0.4, -0.2) is 71.2 Å². The first-order chi connectivity index (χ1) is 22.8. The normalized spacial score (nSPS) is 22.3. The average molecular weight is 643 g/mol. The van der Waals surface area contributed by atoms with Crippen molar-refractivity contribution in [2.24, 2.45) is 0 Å². The van der Waals surface area contributed by atoms with Gasteiger partial charge in [-0.2, -0.15) is 0 Å². The van der Waals surface area contributed by atoms with Crippen molar-refractivity contribution in [2.75, 3.05) is 13.2 Å². The molecule has 0 radical (unpaired) electrons. The molecule has 0 aliphatic carbocycles. The fourth-order valence-corrected chi connectivity index (χ4v) is 5.46. The highest BCUT2D eigenvalue weighted by Gasteiger charge is 2.49. The molecule has 0 amide bonds. The number of aliphatic hydroxyl groups excluding tert-OH is 1. The van der Waals surface area contributed by atoms with Gasteiger partial charge in [0.15, 0.2) is 17.6 Å². The number of carboxylic acids is 1. The first-order valence-corrected chi connectivity index (χ1v) is 14.8. The molecule has 3 aromatic carbocycles. The lowest BCUT2D eigenvalue weighted by Gasteiger charge is -2.42. The van der Waals surface area contributed by atoms with E-state index in [0.29, 0.717) is 24.0 Å². The van der Waals surface area contributed by atoms with E-state index in [4.69, 9.17) is 33.2 Å². The van der Waals surface area contributed by atoms with Gasteiger partial charge in [0, 0.05) is 12.5 Å². The molecule has 1 fully saturated rings. The molecular weight excluding hydrogens is 612 g/mol. The molecule has 242 valence electrons. The molecule has 0 saturated carbocycles. The van der Waals surface area contributed by atoms with E-state index in [1.54, 1.807) is 18.2 Å². The molecule has 1 aromatic heterocycles. The molecule has 3 heterocycles. The molecule has 0 spiro atoms. The zero-order valence-corrected chi connectivity index (χ0v) is 24.9. The van der Waals surface area contributed by atoms with E-state index in [9.17, 15) is 24.6 Å². The third-order valence-electron chi connectivity index (χ3n) is 7.85. The van der Waals surface area contributed by atoms with Crippen molar-refractivity contribution in [3.8, 4) is 34.7 Å².